The van der Waals surface area contributed by atoms with Gasteiger partial charge in [-0.05, 0) is 74.6 Å². The predicted molar refractivity (Wildman–Crippen MR) is 125 cm³/mol. The molecule has 1 amide bonds. The minimum atomic E-state index is -4.61. The number of halogens is 3. The molecule has 4 rings (SSSR count). The van der Waals surface area contributed by atoms with Crippen molar-refractivity contribution in [2.45, 2.75) is 45.8 Å². The van der Waals surface area contributed by atoms with Crippen LogP contribution in [0.5, 0.6) is 0 Å². The van der Waals surface area contributed by atoms with Crippen LogP contribution in [0.15, 0.2) is 41.2 Å². The average molecular weight is 473 g/mol. The van der Waals surface area contributed by atoms with Crippen molar-refractivity contribution in [2.24, 2.45) is 5.92 Å². The molecule has 6 nitrogen and oxygen atoms in total. The molecule has 9 heteroatoms. The normalized spacial score (nSPS) is 16.0. The van der Waals surface area contributed by atoms with Crippen molar-refractivity contribution in [2.75, 3.05) is 18.4 Å². The van der Waals surface area contributed by atoms with Gasteiger partial charge in [-0.3, -0.25) is 9.59 Å². The zero-order valence-electron chi connectivity index (χ0n) is 19.3. The number of carbonyl (C=O) groups excluding carboxylic acids is 1. The maximum atomic E-state index is 13.8. The summed E-state index contributed by atoms with van der Waals surface area (Å²) >= 11 is 0. The van der Waals surface area contributed by atoms with Crippen LogP contribution in [-0.2, 0) is 6.18 Å². The SMILES string of the molecule is Cc1nc2cc(C(F)(F)F)c([C@H](C)Nc3ccc(C(=O)N4CCC(C)CC4)cc3)cc2c(=O)[nH]1. The van der Waals surface area contributed by atoms with Crippen LogP contribution in [0.2, 0.25) is 0 Å². The molecule has 180 valence electrons. The molecule has 0 bridgehead atoms. The number of amides is 1. The Morgan fingerprint density at radius 1 is 1.18 bits per heavy atom. The van der Waals surface area contributed by atoms with Crippen molar-refractivity contribution in [3.8, 4) is 0 Å². The third-order valence-electron chi connectivity index (χ3n) is 6.35. The first-order chi connectivity index (χ1) is 16.0. The van der Waals surface area contributed by atoms with Gasteiger partial charge in [-0.1, -0.05) is 6.92 Å². The Kier molecular flexibility index (Phi) is 6.38. The van der Waals surface area contributed by atoms with Crippen LogP contribution >= 0.6 is 0 Å². The van der Waals surface area contributed by atoms with E-state index in [1.807, 2.05) is 4.90 Å². The number of H-pyrrole nitrogens is 1. The first-order valence-corrected chi connectivity index (χ1v) is 11.3. The fourth-order valence-corrected chi connectivity index (χ4v) is 4.35. The molecule has 0 radical (unpaired) electrons. The number of nitrogens with one attached hydrogen (secondary N) is 2. The summed E-state index contributed by atoms with van der Waals surface area (Å²) < 4.78 is 41.5. The third kappa shape index (κ3) is 4.93. The molecule has 1 aromatic heterocycles. The van der Waals surface area contributed by atoms with E-state index in [-0.39, 0.29) is 28.2 Å². The molecule has 2 heterocycles. The number of likely N-dealkylation sites (tertiary alicyclic amines) is 1. The second-order valence-electron chi connectivity index (χ2n) is 9.02. The van der Waals surface area contributed by atoms with Crippen molar-refractivity contribution >= 4 is 22.5 Å². The zero-order chi connectivity index (χ0) is 24.6. The van der Waals surface area contributed by atoms with E-state index in [0.717, 1.165) is 32.0 Å². The lowest BCUT2D eigenvalue weighted by Gasteiger charge is -2.30. The summed E-state index contributed by atoms with van der Waals surface area (Å²) in [5.74, 6) is 0.824. The highest BCUT2D eigenvalue weighted by Gasteiger charge is 2.35. The number of benzene rings is 2. The summed E-state index contributed by atoms with van der Waals surface area (Å²) in [5.41, 5.74) is -0.274. The number of aryl methyl sites for hydroxylation is 1. The fourth-order valence-electron chi connectivity index (χ4n) is 4.35. The van der Waals surface area contributed by atoms with E-state index >= 15 is 0 Å². The van der Waals surface area contributed by atoms with Gasteiger partial charge in [-0.15, -0.1) is 0 Å². The van der Waals surface area contributed by atoms with E-state index in [0.29, 0.717) is 17.2 Å². The minimum Gasteiger partial charge on any atom is -0.379 e. The second kappa shape index (κ2) is 9.12. The highest BCUT2D eigenvalue weighted by molar-refractivity contribution is 5.94. The topological polar surface area (TPSA) is 78.1 Å². The molecule has 2 N–H and O–H groups in total. The van der Waals surface area contributed by atoms with Gasteiger partial charge in [0.25, 0.3) is 11.5 Å². The van der Waals surface area contributed by atoms with Crippen molar-refractivity contribution in [1.82, 2.24) is 14.9 Å². The van der Waals surface area contributed by atoms with Crippen LogP contribution in [0.4, 0.5) is 18.9 Å². The van der Waals surface area contributed by atoms with Gasteiger partial charge in [0.1, 0.15) is 5.82 Å². The molecule has 0 spiro atoms. The lowest BCUT2D eigenvalue weighted by Crippen LogP contribution is -2.37. The maximum absolute atomic E-state index is 13.8. The van der Waals surface area contributed by atoms with Crippen molar-refractivity contribution in [3.63, 3.8) is 0 Å². The van der Waals surface area contributed by atoms with Gasteiger partial charge in [0.15, 0.2) is 0 Å². The molecular formula is C25H27F3N4O2. The number of rotatable bonds is 4. The van der Waals surface area contributed by atoms with E-state index in [1.54, 1.807) is 31.2 Å². The highest BCUT2D eigenvalue weighted by atomic mass is 19.4. The quantitative estimate of drug-likeness (QED) is 0.541. The molecule has 1 aliphatic heterocycles. The van der Waals surface area contributed by atoms with Crippen LogP contribution < -0.4 is 10.9 Å². The average Bonchev–Trinajstić information content (AvgIpc) is 2.78. The van der Waals surface area contributed by atoms with Gasteiger partial charge < -0.3 is 15.2 Å². The minimum absolute atomic E-state index is 0.000466. The monoisotopic (exact) mass is 472 g/mol. The Balaban J connectivity index is 1.58. The molecule has 1 atom stereocenters. The number of aromatic amines is 1. The number of hydrogen-bond donors (Lipinski definition) is 2. The Morgan fingerprint density at radius 3 is 2.44 bits per heavy atom. The number of anilines is 1. The van der Waals surface area contributed by atoms with Gasteiger partial charge >= 0.3 is 6.18 Å². The van der Waals surface area contributed by atoms with Gasteiger partial charge in [0.05, 0.1) is 16.5 Å². The second-order valence-corrected chi connectivity index (χ2v) is 9.02. The lowest BCUT2D eigenvalue weighted by atomic mass is 9.97. The molecule has 1 fully saturated rings. The summed E-state index contributed by atoms with van der Waals surface area (Å²) in [6.07, 6.45) is -2.65. The molecule has 1 saturated heterocycles. The number of nitrogens with zero attached hydrogens (tertiary/aromatic N) is 2. The lowest BCUT2D eigenvalue weighted by molar-refractivity contribution is -0.138. The van der Waals surface area contributed by atoms with E-state index in [2.05, 4.69) is 22.2 Å². The van der Waals surface area contributed by atoms with Gasteiger partial charge in [-0.25, -0.2) is 4.98 Å². The standard InChI is InChI=1S/C25H27F3N4O2/c1-14-8-10-32(11-9-14)24(34)17-4-6-18(7-5-17)29-15(2)19-12-20-22(13-21(19)25(26,27)28)30-16(3)31-23(20)33/h4-7,12-15,29H,8-11H2,1-3H3,(H,30,31,33)/t15-/m0/s1. The van der Waals surface area contributed by atoms with E-state index in [1.165, 1.54) is 13.0 Å². The Hall–Kier alpha value is -3.36. The molecule has 2 aromatic carbocycles. The number of fused-ring (bicyclic) bond motifs is 1. The summed E-state index contributed by atoms with van der Waals surface area (Å²) in [6, 6.07) is 8.13. The number of hydrogen-bond acceptors (Lipinski definition) is 4. The number of aromatic nitrogens is 2. The van der Waals surface area contributed by atoms with Gasteiger partial charge in [0, 0.05) is 30.4 Å². The van der Waals surface area contributed by atoms with Crippen molar-refractivity contribution in [3.05, 3.63) is 69.3 Å². The van der Waals surface area contributed by atoms with Gasteiger partial charge in [0.2, 0.25) is 0 Å². The summed E-state index contributed by atoms with van der Waals surface area (Å²) in [5, 5.41) is 3.16. The molecule has 1 aliphatic rings. The van der Waals surface area contributed by atoms with Crippen LogP contribution in [0.1, 0.15) is 60.0 Å². The molecule has 0 unspecified atom stereocenters. The Bertz CT molecular complexity index is 1260. The maximum Gasteiger partial charge on any atom is 0.416 e. The third-order valence-corrected chi connectivity index (χ3v) is 6.35. The Labute approximate surface area is 195 Å². The predicted octanol–water partition coefficient (Wildman–Crippen LogP) is 5.30. The first kappa shape index (κ1) is 23.8. The zero-order valence-corrected chi connectivity index (χ0v) is 19.3. The number of carbonyl (C=O) groups is 1. The van der Waals surface area contributed by atoms with E-state index < -0.39 is 23.3 Å². The van der Waals surface area contributed by atoms with Crippen LogP contribution in [0, 0.1) is 12.8 Å². The number of alkyl halides is 3. The number of piperidine rings is 1. The summed E-state index contributed by atoms with van der Waals surface area (Å²) in [6.45, 7) is 6.75. The van der Waals surface area contributed by atoms with E-state index in [9.17, 15) is 22.8 Å². The summed E-state index contributed by atoms with van der Waals surface area (Å²) in [7, 11) is 0. The molecule has 0 aliphatic carbocycles. The molecule has 3 aromatic rings. The van der Waals surface area contributed by atoms with Crippen LogP contribution in [-0.4, -0.2) is 33.9 Å². The van der Waals surface area contributed by atoms with Crippen LogP contribution in [0.25, 0.3) is 10.9 Å². The van der Waals surface area contributed by atoms with Gasteiger partial charge in [-0.2, -0.15) is 13.2 Å². The smallest absolute Gasteiger partial charge is 0.379 e. The molecule has 0 saturated carbocycles. The van der Waals surface area contributed by atoms with Crippen LogP contribution in [0.3, 0.4) is 0 Å². The van der Waals surface area contributed by atoms with E-state index in [4.69, 9.17) is 0 Å². The largest absolute Gasteiger partial charge is 0.416 e. The molecular weight excluding hydrogens is 445 g/mol. The summed E-state index contributed by atoms with van der Waals surface area (Å²) in [4.78, 5) is 33.5. The Morgan fingerprint density at radius 2 is 1.82 bits per heavy atom. The fraction of sp³-hybridized carbons (Fsp3) is 0.400. The highest BCUT2D eigenvalue weighted by Crippen LogP contribution is 2.37. The van der Waals surface area contributed by atoms with Crippen molar-refractivity contribution < 1.29 is 18.0 Å². The first-order valence-electron chi connectivity index (χ1n) is 11.3. The van der Waals surface area contributed by atoms with Crippen molar-refractivity contribution in [1.29, 1.82) is 0 Å². The molecule has 34 heavy (non-hydrogen) atoms.